The Morgan fingerprint density at radius 1 is 0.727 bits per heavy atom. The molecule has 0 heterocycles. The summed E-state index contributed by atoms with van der Waals surface area (Å²) in [7, 11) is 0. The Morgan fingerprint density at radius 3 is 1.86 bits per heavy atom. The first-order chi connectivity index (χ1) is 10.7. The highest BCUT2D eigenvalue weighted by Crippen LogP contribution is 2.39. The van der Waals surface area contributed by atoms with Crippen molar-refractivity contribution in [3.05, 3.63) is 12.1 Å². The van der Waals surface area contributed by atoms with Crippen molar-refractivity contribution in [3.63, 3.8) is 0 Å². The number of hydrogen-bond acceptors (Lipinski definition) is 4. The quantitative estimate of drug-likeness (QED) is 0.245. The van der Waals surface area contributed by atoms with Gasteiger partial charge < -0.3 is 20.6 Å². The number of phenols is 3. The first-order valence-electron chi connectivity index (χ1n) is 8.64. The minimum absolute atomic E-state index is 0.285. The number of unbranched alkanes of at least 4 members (excludes halogenated alkanes) is 9. The van der Waals surface area contributed by atoms with Crippen LogP contribution in [-0.2, 0) is 0 Å². The van der Waals surface area contributed by atoms with Crippen molar-refractivity contribution in [2.45, 2.75) is 71.1 Å². The third kappa shape index (κ3) is 6.92. The van der Waals surface area contributed by atoms with E-state index in [-0.39, 0.29) is 11.5 Å². The van der Waals surface area contributed by atoms with Gasteiger partial charge in [0.25, 0.3) is 0 Å². The van der Waals surface area contributed by atoms with E-state index in [1.807, 2.05) is 0 Å². The first kappa shape index (κ1) is 18.5. The fraction of sp³-hybridized carbons (Fsp3) is 0.667. The normalized spacial score (nSPS) is 10.8. The van der Waals surface area contributed by atoms with Crippen LogP contribution in [0.4, 0.5) is 5.69 Å². The molecule has 0 aliphatic heterocycles. The van der Waals surface area contributed by atoms with E-state index in [1.54, 1.807) is 6.07 Å². The molecule has 0 amide bonds. The van der Waals surface area contributed by atoms with Gasteiger partial charge in [0, 0.05) is 6.54 Å². The summed E-state index contributed by atoms with van der Waals surface area (Å²) in [5.74, 6) is -1.05. The first-order valence-corrected chi connectivity index (χ1v) is 8.64. The molecule has 0 aromatic heterocycles. The van der Waals surface area contributed by atoms with Crippen LogP contribution in [-0.4, -0.2) is 21.9 Å². The number of benzene rings is 1. The Bertz CT molecular complexity index is 421. The molecule has 1 aromatic rings. The molecule has 0 atom stereocenters. The molecular formula is C18H31NO3. The largest absolute Gasteiger partial charge is 0.504 e. The van der Waals surface area contributed by atoms with Gasteiger partial charge in [0.1, 0.15) is 0 Å². The molecule has 0 bridgehead atoms. The van der Waals surface area contributed by atoms with Gasteiger partial charge in [-0.05, 0) is 18.6 Å². The van der Waals surface area contributed by atoms with E-state index < -0.39 is 5.75 Å². The smallest absolute Gasteiger partial charge is 0.202 e. The van der Waals surface area contributed by atoms with E-state index in [1.165, 1.54) is 63.9 Å². The van der Waals surface area contributed by atoms with Crippen LogP contribution in [0.5, 0.6) is 17.2 Å². The summed E-state index contributed by atoms with van der Waals surface area (Å²) < 4.78 is 0. The standard InChI is InChI=1S/C18H31NO3/c1-2-3-4-5-6-7-8-9-10-11-14-19-15-12-13-16(20)18(22)17(15)21/h12-13,19-22H,2-11,14H2,1H3. The lowest BCUT2D eigenvalue weighted by Gasteiger charge is -2.10. The molecule has 4 nitrogen and oxygen atoms in total. The highest BCUT2D eigenvalue weighted by molar-refractivity contribution is 5.66. The lowest BCUT2D eigenvalue weighted by atomic mass is 10.1. The zero-order chi connectivity index (χ0) is 16.2. The van der Waals surface area contributed by atoms with Crippen molar-refractivity contribution in [1.29, 1.82) is 0 Å². The predicted molar refractivity (Wildman–Crippen MR) is 91.8 cm³/mol. The molecule has 0 fully saturated rings. The van der Waals surface area contributed by atoms with Crippen LogP contribution in [0.2, 0.25) is 0 Å². The van der Waals surface area contributed by atoms with Crippen LogP contribution in [0.25, 0.3) is 0 Å². The second-order valence-electron chi connectivity index (χ2n) is 5.94. The third-order valence-electron chi connectivity index (χ3n) is 3.98. The highest BCUT2D eigenvalue weighted by Gasteiger charge is 2.09. The maximum Gasteiger partial charge on any atom is 0.202 e. The summed E-state index contributed by atoms with van der Waals surface area (Å²) in [4.78, 5) is 0. The number of rotatable bonds is 12. The molecule has 126 valence electrons. The molecule has 22 heavy (non-hydrogen) atoms. The summed E-state index contributed by atoms with van der Waals surface area (Å²) in [5.41, 5.74) is 0.464. The Hall–Kier alpha value is -1.58. The van der Waals surface area contributed by atoms with Gasteiger partial charge >= 0.3 is 0 Å². The van der Waals surface area contributed by atoms with Crippen molar-refractivity contribution in [2.75, 3.05) is 11.9 Å². The summed E-state index contributed by atoms with van der Waals surface area (Å²) in [6.07, 6.45) is 12.9. The van der Waals surface area contributed by atoms with E-state index in [0.29, 0.717) is 5.69 Å². The lowest BCUT2D eigenvalue weighted by molar-refractivity contribution is 0.369. The second-order valence-corrected chi connectivity index (χ2v) is 5.94. The topological polar surface area (TPSA) is 72.7 Å². The molecule has 0 radical (unpaired) electrons. The number of phenolic OH excluding ortho intramolecular Hbond substituents is 3. The van der Waals surface area contributed by atoms with E-state index in [2.05, 4.69) is 12.2 Å². The summed E-state index contributed by atoms with van der Waals surface area (Å²) in [5, 5.41) is 31.4. The van der Waals surface area contributed by atoms with E-state index >= 15 is 0 Å². The lowest BCUT2D eigenvalue weighted by Crippen LogP contribution is -2.01. The number of nitrogens with one attached hydrogen (secondary N) is 1. The average molecular weight is 309 g/mol. The zero-order valence-electron chi connectivity index (χ0n) is 13.8. The molecular weight excluding hydrogens is 278 g/mol. The fourth-order valence-electron chi connectivity index (χ4n) is 2.55. The van der Waals surface area contributed by atoms with Crippen molar-refractivity contribution in [1.82, 2.24) is 0 Å². The minimum atomic E-state index is -0.465. The van der Waals surface area contributed by atoms with Gasteiger partial charge in [-0.3, -0.25) is 0 Å². The van der Waals surface area contributed by atoms with Crippen LogP contribution >= 0.6 is 0 Å². The predicted octanol–water partition coefficient (Wildman–Crippen LogP) is 5.14. The zero-order valence-corrected chi connectivity index (χ0v) is 13.8. The number of hydrogen-bond donors (Lipinski definition) is 4. The average Bonchev–Trinajstić information content (AvgIpc) is 2.52. The van der Waals surface area contributed by atoms with Crippen molar-refractivity contribution >= 4 is 5.69 Å². The third-order valence-corrected chi connectivity index (χ3v) is 3.98. The number of anilines is 1. The van der Waals surface area contributed by atoms with E-state index in [4.69, 9.17) is 0 Å². The summed E-state index contributed by atoms with van der Waals surface area (Å²) in [6.45, 7) is 3.00. The molecule has 4 N–H and O–H groups in total. The van der Waals surface area contributed by atoms with Gasteiger partial charge in [0.15, 0.2) is 11.5 Å². The minimum Gasteiger partial charge on any atom is -0.504 e. The van der Waals surface area contributed by atoms with Crippen molar-refractivity contribution in [2.24, 2.45) is 0 Å². The van der Waals surface area contributed by atoms with Gasteiger partial charge in [-0.1, -0.05) is 64.7 Å². The highest BCUT2D eigenvalue weighted by atomic mass is 16.3. The van der Waals surface area contributed by atoms with Crippen LogP contribution in [0.3, 0.4) is 0 Å². The van der Waals surface area contributed by atoms with Crippen molar-refractivity contribution in [3.8, 4) is 17.2 Å². The van der Waals surface area contributed by atoms with Crippen LogP contribution < -0.4 is 5.32 Å². The molecule has 0 unspecified atom stereocenters. The van der Waals surface area contributed by atoms with E-state index in [9.17, 15) is 15.3 Å². The molecule has 1 rings (SSSR count). The van der Waals surface area contributed by atoms with Gasteiger partial charge in [0.2, 0.25) is 5.75 Å². The fourth-order valence-corrected chi connectivity index (χ4v) is 2.55. The monoisotopic (exact) mass is 309 g/mol. The second kappa shape index (κ2) is 11.0. The molecule has 1 aromatic carbocycles. The molecule has 4 heteroatoms. The SMILES string of the molecule is CCCCCCCCCCCCNc1ccc(O)c(O)c1O. The molecule has 0 aliphatic carbocycles. The van der Waals surface area contributed by atoms with Crippen LogP contribution in [0.15, 0.2) is 12.1 Å². The Balaban J connectivity index is 2.01. The van der Waals surface area contributed by atoms with Gasteiger partial charge in [-0.2, -0.15) is 0 Å². The summed E-state index contributed by atoms with van der Waals surface area (Å²) >= 11 is 0. The number of aromatic hydroxyl groups is 3. The maximum atomic E-state index is 9.67. The maximum absolute atomic E-state index is 9.67. The molecule has 0 spiro atoms. The Labute approximate surface area is 134 Å². The van der Waals surface area contributed by atoms with Gasteiger partial charge in [-0.25, -0.2) is 0 Å². The molecule has 0 saturated heterocycles. The Kier molecular flexibility index (Phi) is 9.28. The van der Waals surface area contributed by atoms with E-state index in [0.717, 1.165) is 13.0 Å². The van der Waals surface area contributed by atoms with Gasteiger partial charge in [0.05, 0.1) is 5.69 Å². The van der Waals surface area contributed by atoms with Crippen LogP contribution in [0, 0.1) is 0 Å². The summed E-state index contributed by atoms with van der Waals surface area (Å²) in [6, 6.07) is 2.94. The van der Waals surface area contributed by atoms with Crippen molar-refractivity contribution < 1.29 is 15.3 Å². The van der Waals surface area contributed by atoms with Crippen LogP contribution in [0.1, 0.15) is 71.1 Å². The van der Waals surface area contributed by atoms with Gasteiger partial charge in [-0.15, -0.1) is 0 Å². The molecule has 0 aliphatic rings. The molecule has 0 saturated carbocycles. The Morgan fingerprint density at radius 2 is 1.27 bits per heavy atom.